The first-order valence-electron chi connectivity index (χ1n) is 9.29. The van der Waals surface area contributed by atoms with Crippen LogP contribution in [0.2, 0.25) is 0 Å². The van der Waals surface area contributed by atoms with E-state index in [0.717, 1.165) is 29.4 Å². The van der Waals surface area contributed by atoms with Crippen LogP contribution >= 0.6 is 24.0 Å². The van der Waals surface area contributed by atoms with Crippen LogP contribution in [-0.4, -0.2) is 38.2 Å². The largest absolute Gasteiger partial charge is 0.354 e. The van der Waals surface area contributed by atoms with E-state index >= 15 is 0 Å². The van der Waals surface area contributed by atoms with Crippen LogP contribution in [0.25, 0.3) is 5.65 Å². The molecule has 0 bridgehead atoms. The summed E-state index contributed by atoms with van der Waals surface area (Å²) in [5, 5.41) is 11.3. The molecule has 8 heteroatoms. The first-order chi connectivity index (χ1) is 12.9. The summed E-state index contributed by atoms with van der Waals surface area (Å²) in [7, 11) is 3.78. The molecule has 0 saturated carbocycles. The number of rotatable bonds is 5. The van der Waals surface area contributed by atoms with Crippen molar-refractivity contribution >= 4 is 35.6 Å². The van der Waals surface area contributed by atoms with Gasteiger partial charge in [0.05, 0.1) is 17.9 Å². The molecule has 1 atom stereocenters. The Bertz CT molecular complexity index is 970. The van der Waals surface area contributed by atoms with Crippen molar-refractivity contribution in [2.24, 2.45) is 12.0 Å². The summed E-state index contributed by atoms with van der Waals surface area (Å²) in [4.78, 5) is 9.00. The van der Waals surface area contributed by atoms with Crippen molar-refractivity contribution in [3.05, 3.63) is 52.7 Å². The maximum Gasteiger partial charge on any atom is 0.191 e. The molecule has 1 unspecified atom stereocenters. The van der Waals surface area contributed by atoms with E-state index in [-0.39, 0.29) is 30.0 Å². The summed E-state index contributed by atoms with van der Waals surface area (Å²) in [6, 6.07) is 6.36. The molecular formula is C20H30IN7. The molecule has 7 nitrogen and oxygen atoms in total. The van der Waals surface area contributed by atoms with Gasteiger partial charge in [-0.1, -0.05) is 6.07 Å². The third-order valence-corrected chi connectivity index (χ3v) is 4.96. The van der Waals surface area contributed by atoms with E-state index < -0.39 is 0 Å². The van der Waals surface area contributed by atoms with Crippen LogP contribution in [0, 0.1) is 20.8 Å². The second-order valence-corrected chi connectivity index (χ2v) is 7.08. The van der Waals surface area contributed by atoms with E-state index in [0.29, 0.717) is 6.54 Å². The van der Waals surface area contributed by atoms with Crippen molar-refractivity contribution in [3.8, 4) is 0 Å². The van der Waals surface area contributed by atoms with Crippen LogP contribution in [0.15, 0.2) is 29.4 Å². The molecular weight excluding hydrogens is 465 g/mol. The Labute approximate surface area is 183 Å². The predicted molar refractivity (Wildman–Crippen MR) is 125 cm³/mol. The number of nitrogens with one attached hydrogen (secondary N) is 2. The first kappa shape index (κ1) is 22.2. The average Bonchev–Trinajstić information content (AvgIpc) is 3.16. The highest BCUT2D eigenvalue weighted by molar-refractivity contribution is 14.0. The van der Waals surface area contributed by atoms with Gasteiger partial charge in [0.1, 0.15) is 5.65 Å². The molecule has 0 saturated heterocycles. The van der Waals surface area contributed by atoms with Crippen LogP contribution in [0.5, 0.6) is 0 Å². The Morgan fingerprint density at radius 3 is 2.61 bits per heavy atom. The highest BCUT2D eigenvalue weighted by atomic mass is 127. The van der Waals surface area contributed by atoms with Crippen molar-refractivity contribution < 1.29 is 0 Å². The van der Waals surface area contributed by atoms with Crippen LogP contribution < -0.4 is 10.6 Å². The Morgan fingerprint density at radius 1 is 1.25 bits per heavy atom. The van der Waals surface area contributed by atoms with Crippen LogP contribution in [0.3, 0.4) is 0 Å². The summed E-state index contributed by atoms with van der Waals surface area (Å²) in [5.41, 5.74) is 6.72. The SMILES string of the molecule is CN=C(NCc1cn2c(C)cccc2n1)NC(C)Cc1c(C)nn(C)c1C.I. The summed E-state index contributed by atoms with van der Waals surface area (Å²) in [5.74, 6) is 0.774. The Balaban J connectivity index is 0.00000280. The molecule has 0 amide bonds. The van der Waals surface area contributed by atoms with Gasteiger partial charge in [-0.15, -0.1) is 24.0 Å². The number of nitrogens with zero attached hydrogens (tertiary/aromatic N) is 5. The van der Waals surface area contributed by atoms with Gasteiger partial charge in [0.2, 0.25) is 0 Å². The quantitative estimate of drug-likeness (QED) is 0.325. The summed E-state index contributed by atoms with van der Waals surface area (Å²) >= 11 is 0. The van der Waals surface area contributed by atoms with E-state index in [1.165, 1.54) is 17.0 Å². The number of hydrogen-bond donors (Lipinski definition) is 2. The highest BCUT2D eigenvalue weighted by Crippen LogP contribution is 2.14. The normalized spacial score (nSPS) is 12.7. The van der Waals surface area contributed by atoms with Crippen LogP contribution in [0.4, 0.5) is 0 Å². The minimum atomic E-state index is 0. The van der Waals surface area contributed by atoms with Crippen molar-refractivity contribution in [2.45, 2.75) is 46.7 Å². The molecule has 3 aromatic heterocycles. The lowest BCUT2D eigenvalue weighted by molar-refractivity contribution is 0.634. The molecule has 0 aliphatic rings. The molecule has 0 spiro atoms. The van der Waals surface area contributed by atoms with Gasteiger partial charge < -0.3 is 15.0 Å². The number of aromatic nitrogens is 4. The van der Waals surface area contributed by atoms with Gasteiger partial charge in [-0.05, 0) is 51.8 Å². The number of guanidine groups is 1. The fourth-order valence-electron chi connectivity index (χ4n) is 3.36. The molecule has 3 rings (SSSR count). The molecule has 0 aliphatic carbocycles. The molecule has 28 heavy (non-hydrogen) atoms. The Morgan fingerprint density at radius 2 is 2.00 bits per heavy atom. The molecule has 0 fully saturated rings. The van der Waals surface area contributed by atoms with Crippen LogP contribution in [-0.2, 0) is 20.0 Å². The van der Waals surface area contributed by atoms with Gasteiger partial charge in [-0.25, -0.2) is 4.98 Å². The molecule has 0 radical (unpaired) electrons. The van der Waals surface area contributed by atoms with E-state index in [4.69, 9.17) is 0 Å². The average molecular weight is 495 g/mol. The number of imidazole rings is 1. The maximum atomic E-state index is 4.66. The minimum Gasteiger partial charge on any atom is -0.354 e. The summed E-state index contributed by atoms with van der Waals surface area (Å²) in [6.45, 7) is 9.04. The lowest BCUT2D eigenvalue weighted by Gasteiger charge is -2.18. The molecule has 3 aromatic rings. The smallest absolute Gasteiger partial charge is 0.191 e. The predicted octanol–water partition coefficient (Wildman–Crippen LogP) is 2.91. The Kier molecular flexibility index (Phi) is 7.45. The molecule has 3 heterocycles. The van der Waals surface area contributed by atoms with Crippen molar-refractivity contribution in [1.29, 1.82) is 0 Å². The van der Waals surface area contributed by atoms with E-state index in [2.05, 4.69) is 70.1 Å². The van der Waals surface area contributed by atoms with E-state index in [1.54, 1.807) is 7.05 Å². The minimum absolute atomic E-state index is 0. The highest BCUT2D eigenvalue weighted by Gasteiger charge is 2.14. The number of fused-ring (bicyclic) bond motifs is 1. The topological polar surface area (TPSA) is 71.5 Å². The number of halogens is 1. The van der Waals surface area contributed by atoms with Gasteiger partial charge in [-0.3, -0.25) is 9.67 Å². The monoisotopic (exact) mass is 495 g/mol. The van der Waals surface area contributed by atoms with Crippen molar-refractivity contribution in [2.75, 3.05) is 7.05 Å². The third kappa shape index (κ3) is 4.84. The second-order valence-electron chi connectivity index (χ2n) is 7.08. The fraction of sp³-hybridized carbons (Fsp3) is 0.450. The van der Waals surface area contributed by atoms with Gasteiger partial charge in [-0.2, -0.15) is 5.10 Å². The molecule has 2 N–H and O–H groups in total. The van der Waals surface area contributed by atoms with Gasteiger partial charge >= 0.3 is 0 Å². The van der Waals surface area contributed by atoms with E-state index in [9.17, 15) is 0 Å². The standard InChI is InChI=1S/C20H29N7.HI/c1-13(10-18-15(3)25-26(6)16(18)4)23-20(21-5)22-11-17-12-27-14(2)8-7-9-19(27)24-17;/h7-9,12-13H,10-11H2,1-6H3,(H2,21,22,23);1H. The number of hydrogen-bond acceptors (Lipinski definition) is 3. The zero-order valence-corrected chi connectivity index (χ0v) is 19.8. The fourth-order valence-corrected chi connectivity index (χ4v) is 3.36. The summed E-state index contributed by atoms with van der Waals surface area (Å²) in [6.07, 6.45) is 2.97. The molecule has 0 aromatic carbocycles. The first-order valence-corrected chi connectivity index (χ1v) is 9.29. The van der Waals surface area contributed by atoms with Gasteiger partial charge in [0.25, 0.3) is 0 Å². The Hall–Kier alpha value is -2.10. The number of aryl methyl sites for hydroxylation is 3. The maximum absolute atomic E-state index is 4.66. The number of aliphatic imine (C=N–C) groups is 1. The lowest BCUT2D eigenvalue weighted by Crippen LogP contribution is -2.42. The van der Waals surface area contributed by atoms with Crippen molar-refractivity contribution in [1.82, 2.24) is 29.8 Å². The second kappa shape index (κ2) is 9.40. The van der Waals surface area contributed by atoms with Crippen molar-refractivity contribution in [3.63, 3.8) is 0 Å². The van der Waals surface area contributed by atoms with Gasteiger partial charge in [0.15, 0.2) is 5.96 Å². The van der Waals surface area contributed by atoms with E-state index in [1.807, 2.05) is 23.9 Å². The lowest BCUT2D eigenvalue weighted by atomic mass is 10.1. The molecule has 152 valence electrons. The third-order valence-electron chi connectivity index (χ3n) is 4.96. The van der Waals surface area contributed by atoms with Gasteiger partial charge in [0, 0.05) is 37.7 Å². The number of pyridine rings is 1. The molecule has 0 aliphatic heterocycles. The van der Waals surface area contributed by atoms with Crippen LogP contribution in [0.1, 0.15) is 35.3 Å². The zero-order valence-electron chi connectivity index (χ0n) is 17.4. The summed E-state index contributed by atoms with van der Waals surface area (Å²) < 4.78 is 4.04. The zero-order chi connectivity index (χ0) is 19.6.